The number of hydrogen-bond acceptors (Lipinski definition) is 4. The first-order chi connectivity index (χ1) is 13.2. The molecule has 1 heterocycles. The van der Waals surface area contributed by atoms with Gasteiger partial charge in [-0.2, -0.15) is 0 Å². The molecule has 1 saturated carbocycles. The van der Waals surface area contributed by atoms with Crippen LogP contribution >= 0.6 is 0 Å². The third-order valence-corrected chi connectivity index (χ3v) is 5.19. The van der Waals surface area contributed by atoms with Gasteiger partial charge < -0.3 is 19.7 Å². The van der Waals surface area contributed by atoms with Crippen molar-refractivity contribution in [2.75, 3.05) is 19.8 Å². The number of fused-ring (bicyclic) bond motifs is 1. The quantitative estimate of drug-likeness (QED) is 0.698. The van der Waals surface area contributed by atoms with Gasteiger partial charge in [0.25, 0.3) is 5.56 Å². The van der Waals surface area contributed by atoms with Crippen LogP contribution in [0.3, 0.4) is 0 Å². The molecule has 0 saturated heterocycles. The van der Waals surface area contributed by atoms with E-state index in [9.17, 15) is 14.7 Å². The van der Waals surface area contributed by atoms with Crippen LogP contribution in [0.4, 0.5) is 0 Å². The highest BCUT2D eigenvalue weighted by Gasteiger charge is 2.24. The number of carbonyl (C=O) groups excluding carboxylic acids is 1. The average Bonchev–Trinajstić information content (AvgIpc) is 2.70. The van der Waals surface area contributed by atoms with Gasteiger partial charge in [0.2, 0.25) is 5.91 Å². The predicted molar refractivity (Wildman–Crippen MR) is 105 cm³/mol. The zero-order valence-electron chi connectivity index (χ0n) is 15.7. The maximum Gasteiger partial charge on any atom is 0.290 e. The van der Waals surface area contributed by atoms with Crippen molar-refractivity contribution in [3.63, 3.8) is 0 Å². The molecule has 1 aromatic heterocycles. The van der Waals surface area contributed by atoms with E-state index in [0.29, 0.717) is 26.0 Å². The normalized spacial score (nSPS) is 15.0. The van der Waals surface area contributed by atoms with Crippen LogP contribution in [0.5, 0.6) is 5.75 Å². The van der Waals surface area contributed by atoms with Gasteiger partial charge in [-0.25, -0.2) is 0 Å². The van der Waals surface area contributed by atoms with Gasteiger partial charge in [0.15, 0.2) is 5.75 Å². The van der Waals surface area contributed by atoms with Crippen molar-refractivity contribution in [3.8, 4) is 5.75 Å². The lowest BCUT2D eigenvalue weighted by Crippen LogP contribution is -2.43. The zero-order chi connectivity index (χ0) is 19.1. The van der Waals surface area contributed by atoms with E-state index >= 15 is 0 Å². The number of para-hydroxylation sites is 1. The van der Waals surface area contributed by atoms with E-state index in [4.69, 9.17) is 4.74 Å². The molecular weight excluding hydrogens is 344 g/mol. The second kappa shape index (κ2) is 9.55. The third-order valence-electron chi connectivity index (χ3n) is 5.19. The van der Waals surface area contributed by atoms with E-state index in [2.05, 4.69) is 4.98 Å². The maximum absolute atomic E-state index is 12.6. The number of pyridine rings is 1. The van der Waals surface area contributed by atoms with Crippen LogP contribution in [-0.2, 0) is 4.79 Å². The van der Waals surface area contributed by atoms with E-state index in [0.717, 1.165) is 36.6 Å². The highest BCUT2D eigenvalue weighted by atomic mass is 16.5. The summed E-state index contributed by atoms with van der Waals surface area (Å²) in [6.07, 6.45) is 6.47. The first-order valence-corrected chi connectivity index (χ1v) is 9.84. The van der Waals surface area contributed by atoms with Crippen LogP contribution < -0.4 is 10.3 Å². The summed E-state index contributed by atoms with van der Waals surface area (Å²) >= 11 is 0. The molecule has 0 atom stereocenters. The molecule has 6 heteroatoms. The number of aromatic amines is 1. The van der Waals surface area contributed by atoms with E-state index in [1.54, 1.807) is 6.07 Å². The second-order valence-electron chi connectivity index (χ2n) is 7.10. The van der Waals surface area contributed by atoms with Crippen LogP contribution in [0, 0.1) is 0 Å². The number of aliphatic hydroxyl groups is 1. The molecule has 1 aliphatic rings. The third kappa shape index (κ3) is 5.10. The molecule has 1 fully saturated rings. The summed E-state index contributed by atoms with van der Waals surface area (Å²) in [5.41, 5.74) is 0.515. The molecule has 2 N–H and O–H groups in total. The summed E-state index contributed by atoms with van der Waals surface area (Å²) in [5.74, 6) is 0.340. The lowest BCUT2D eigenvalue weighted by atomic mass is 9.94. The van der Waals surface area contributed by atoms with Gasteiger partial charge in [0.1, 0.15) is 0 Å². The van der Waals surface area contributed by atoms with E-state index in [1.807, 2.05) is 29.2 Å². The summed E-state index contributed by atoms with van der Waals surface area (Å²) in [6.45, 7) is 0.699. The van der Waals surface area contributed by atoms with Crippen molar-refractivity contribution in [2.24, 2.45) is 0 Å². The number of ether oxygens (including phenoxy) is 1. The summed E-state index contributed by atoms with van der Waals surface area (Å²) in [7, 11) is 0. The maximum atomic E-state index is 12.6. The highest BCUT2D eigenvalue weighted by Crippen LogP contribution is 2.23. The van der Waals surface area contributed by atoms with Crippen molar-refractivity contribution in [2.45, 2.75) is 51.0 Å². The fraction of sp³-hybridized carbons (Fsp3) is 0.524. The Morgan fingerprint density at radius 2 is 2.00 bits per heavy atom. The zero-order valence-corrected chi connectivity index (χ0v) is 15.7. The van der Waals surface area contributed by atoms with Gasteiger partial charge in [0.05, 0.1) is 13.2 Å². The molecule has 27 heavy (non-hydrogen) atoms. The smallest absolute Gasteiger partial charge is 0.290 e. The Kier molecular flexibility index (Phi) is 6.87. The Morgan fingerprint density at radius 1 is 1.22 bits per heavy atom. The molecule has 2 aromatic rings. The van der Waals surface area contributed by atoms with E-state index in [1.165, 1.54) is 6.42 Å². The van der Waals surface area contributed by atoms with Gasteiger partial charge >= 0.3 is 0 Å². The molecule has 0 unspecified atom stereocenters. The summed E-state index contributed by atoms with van der Waals surface area (Å²) in [5, 5.41) is 10.2. The van der Waals surface area contributed by atoms with Crippen molar-refractivity contribution in [1.82, 2.24) is 9.88 Å². The summed E-state index contributed by atoms with van der Waals surface area (Å²) in [4.78, 5) is 29.3. The van der Waals surface area contributed by atoms with Gasteiger partial charge in [-0.15, -0.1) is 0 Å². The van der Waals surface area contributed by atoms with Crippen molar-refractivity contribution in [1.29, 1.82) is 0 Å². The van der Waals surface area contributed by atoms with Crippen LogP contribution in [0.2, 0.25) is 0 Å². The van der Waals surface area contributed by atoms with Gasteiger partial charge in [0, 0.05) is 29.9 Å². The monoisotopic (exact) mass is 372 g/mol. The number of benzene rings is 1. The fourth-order valence-electron chi connectivity index (χ4n) is 3.80. The summed E-state index contributed by atoms with van der Waals surface area (Å²) in [6, 6.07) is 9.52. The average molecular weight is 372 g/mol. The van der Waals surface area contributed by atoms with Crippen LogP contribution in [0.15, 0.2) is 35.1 Å². The molecule has 0 bridgehead atoms. The van der Waals surface area contributed by atoms with Crippen molar-refractivity contribution < 1.29 is 14.6 Å². The molecule has 146 valence electrons. The minimum Gasteiger partial charge on any atom is -0.488 e. The van der Waals surface area contributed by atoms with E-state index in [-0.39, 0.29) is 29.9 Å². The first kappa shape index (κ1) is 19.4. The highest BCUT2D eigenvalue weighted by molar-refractivity contribution is 5.79. The Hall–Kier alpha value is -2.34. The topological polar surface area (TPSA) is 82.6 Å². The number of hydrogen-bond donors (Lipinski definition) is 2. The minimum atomic E-state index is -0.260. The lowest BCUT2D eigenvalue weighted by molar-refractivity contribution is -0.135. The molecule has 0 spiro atoms. The molecule has 0 radical (unpaired) electrons. The van der Waals surface area contributed by atoms with Gasteiger partial charge in [-0.1, -0.05) is 37.5 Å². The Balaban J connectivity index is 1.52. The number of aromatic nitrogens is 1. The van der Waals surface area contributed by atoms with Crippen LogP contribution in [-0.4, -0.2) is 46.7 Å². The largest absolute Gasteiger partial charge is 0.488 e. The molecule has 1 amide bonds. The standard InChI is InChI=1S/C21H28N2O4/c24-13-12-23(17-8-2-1-3-9-17)20(25)11-6-14-27-19-15-16-7-4-5-10-18(16)22-21(19)26/h4-5,7,10,15,17,24H,1-3,6,8-9,11-14H2,(H,22,26). The van der Waals surface area contributed by atoms with Crippen LogP contribution in [0.25, 0.3) is 10.9 Å². The number of nitrogens with zero attached hydrogens (tertiary/aromatic N) is 1. The molecule has 0 aliphatic heterocycles. The van der Waals surface area contributed by atoms with Gasteiger partial charge in [-0.05, 0) is 31.4 Å². The van der Waals surface area contributed by atoms with Crippen molar-refractivity contribution in [3.05, 3.63) is 40.7 Å². The Morgan fingerprint density at radius 3 is 2.78 bits per heavy atom. The molecule has 1 aliphatic carbocycles. The fourth-order valence-corrected chi connectivity index (χ4v) is 3.80. The lowest BCUT2D eigenvalue weighted by Gasteiger charge is -2.34. The number of carbonyl (C=O) groups is 1. The second-order valence-corrected chi connectivity index (χ2v) is 7.10. The molecular formula is C21H28N2O4. The molecule has 1 aromatic carbocycles. The number of nitrogens with one attached hydrogen (secondary N) is 1. The number of aliphatic hydroxyl groups excluding tert-OH is 1. The summed E-state index contributed by atoms with van der Waals surface area (Å²) < 4.78 is 5.62. The SMILES string of the molecule is O=C(CCCOc1cc2ccccc2[nH]c1=O)N(CCO)C1CCCCC1. The first-order valence-electron chi connectivity index (χ1n) is 9.84. The molecule has 3 rings (SSSR count). The Bertz CT molecular complexity index is 811. The number of amides is 1. The van der Waals surface area contributed by atoms with Gasteiger partial charge in [-0.3, -0.25) is 9.59 Å². The Labute approximate surface area is 159 Å². The number of rotatable bonds is 8. The molecule has 6 nitrogen and oxygen atoms in total. The predicted octanol–water partition coefficient (Wildman–Crippen LogP) is 2.84. The number of H-pyrrole nitrogens is 1. The minimum absolute atomic E-state index is 0.00872. The van der Waals surface area contributed by atoms with Crippen LogP contribution in [0.1, 0.15) is 44.9 Å². The van der Waals surface area contributed by atoms with Crippen molar-refractivity contribution >= 4 is 16.8 Å². The van der Waals surface area contributed by atoms with E-state index < -0.39 is 0 Å².